The van der Waals surface area contributed by atoms with Crippen molar-refractivity contribution in [1.82, 2.24) is 25.3 Å². The number of nitrogens with zero attached hydrogens (tertiary/aromatic N) is 4. The molecule has 2 heterocycles. The van der Waals surface area contributed by atoms with Gasteiger partial charge in [-0.1, -0.05) is 41.1 Å². The minimum Gasteiger partial charge on any atom is -0.494 e. The van der Waals surface area contributed by atoms with Crippen molar-refractivity contribution in [1.29, 1.82) is 0 Å². The number of benzene rings is 2. The lowest BCUT2D eigenvalue weighted by molar-refractivity contribution is 0.0949. The number of rotatable bonds is 7. The van der Waals surface area contributed by atoms with Gasteiger partial charge in [-0.2, -0.15) is 0 Å². The molecule has 0 aliphatic carbocycles. The minimum absolute atomic E-state index is 0.230. The molecule has 31 heavy (non-hydrogen) atoms. The van der Waals surface area contributed by atoms with Gasteiger partial charge in [-0.3, -0.25) is 9.78 Å². The number of hydrogen-bond acceptors (Lipinski definition) is 5. The van der Waals surface area contributed by atoms with Crippen LogP contribution in [0.3, 0.4) is 0 Å². The number of nitrogens with one attached hydrogen (secondary N) is 1. The molecule has 0 saturated carbocycles. The summed E-state index contributed by atoms with van der Waals surface area (Å²) in [7, 11) is 1.59. The molecule has 0 atom stereocenters. The Kier molecular flexibility index (Phi) is 6.24. The van der Waals surface area contributed by atoms with E-state index in [0.29, 0.717) is 35.1 Å². The quantitative estimate of drug-likeness (QED) is 0.477. The lowest BCUT2D eigenvalue weighted by atomic mass is 10.1. The van der Waals surface area contributed by atoms with Crippen LogP contribution >= 0.6 is 11.6 Å². The van der Waals surface area contributed by atoms with Gasteiger partial charge in [0.1, 0.15) is 17.1 Å². The van der Waals surface area contributed by atoms with E-state index in [1.165, 1.54) is 0 Å². The standard InChI is InChI=1S/C23H20ClN5O2/c1-31-20-5-3-2-4-19(20)29-22(17-11-13-25-14-12-17)21(27-28-29)23(30)26-15-10-16-6-8-18(24)9-7-16/h2-9,11-14H,10,15H2,1H3,(H,26,30). The van der Waals surface area contributed by atoms with Crippen molar-refractivity contribution >= 4 is 17.5 Å². The van der Waals surface area contributed by atoms with Gasteiger partial charge in [-0.05, 0) is 48.4 Å². The zero-order chi connectivity index (χ0) is 21.6. The first kappa shape index (κ1) is 20.6. The Labute approximate surface area is 184 Å². The molecule has 0 bridgehead atoms. The highest BCUT2D eigenvalue weighted by Gasteiger charge is 2.23. The zero-order valence-corrected chi connectivity index (χ0v) is 17.6. The molecule has 0 aliphatic heterocycles. The summed E-state index contributed by atoms with van der Waals surface area (Å²) in [5.41, 5.74) is 3.33. The van der Waals surface area contributed by atoms with Crippen LogP contribution in [0, 0.1) is 0 Å². The Hall–Kier alpha value is -3.71. The van der Waals surface area contributed by atoms with E-state index in [1.807, 2.05) is 60.7 Å². The van der Waals surface area contributed by atoms with Crippen molar-refractivity contribution in [3.63, 3.8) is 0 Å². The third-order valence-corrected chi connectivity index (χ3v) is 5.02. The van der Waals surface area contributed by atoms with Crippen LogP contribution in [0.4, 0.5) is 0 Å². The van der Waals surface area contributed by atoms with Crippen molar-refractivity contribution in [2.75, 3.05) is 13.7 Å². The summed E-state index contributed by atoms with van der Waals surface area (Å²) in [6.45, 7) is 0.456. The van der Waals surface area contributed by atoms with Gasteiger partial charge < -0.3 is 10.1 Å². The average Bonchev–Trinajstić information content (AvgIpc) is 3.26. The number of carbonyl (C=O) groups excluding carboxylic acids is 1. The van der Waals surface area contributed by atoms with Gasteiger partial charge >= 0.3 is 0 Å². The van der Waals surface area contributed by atoms with Crippen LogP contribution in [-0.4, -0.2) is 39.5 Å². The van der Waals surface area contributed by atoms with Crippen molar-refractivity contribution in [3.05, 3.63) is 89.3 Å². The Morgan fingerprint density at radius 1 is 1.06 bits per heavy atom. The second kappa shape index (κ2) is 9.40. The van der Waals surface area contributed by atoms with E-state index in [4.69, 9.17) is 16.3 Å². The van der Waals surface area contributed by atoms with Crippen LogP contribution in [-0.2, 0) is 6.42 Å². The third kappa shape index (κ3) is 4.57. The predicted molar refractivity (Wildman–Crippen MR) is 119 cm³/mol. The molecule has 0 spiro atoms. The van der Waals surface area contributed by atoms with Crippen molar-refractivity contribution < 1.29 is 9.53 Å². The molecule has 0 fully saturated rings. The predicted octanol–water partition coefficient (Wildman–Crippen LogP) is 3.96. The number of halogens is 1. The molecule has 0 unspecified atom stereocenters. The Balaban J connectivity index is 1.63. The summed E-state index contributed by atoms with van der Waals surface area (Å²) in [6.07, 6.45) is 4.00. The van der Waals surface area contributed by atoms with Crippen LogP contribution in [0.15, 0.2) is 73.1 Å². The smallest absolute Gasteiger partial charge is 0.274 e. The van der Waals surface area contributed by atoms with Gasteiger partial charge in [0.15, 0.2) is 5.69 Å². The molecule has 0 radical (unpaired) electrons. The van der Waals surface area contributed by atoms with Gasteiger partial charge in [-0.15, -0.1) is 5.10 Å². The number of methoxy groups -OCH3 is 1. The first-order chi connectivity index (χ1) is 15.2. The van der Waals surface area contributed by atoms with E-state index in [2.05, 4.69) is 20.6 Å². The second-order valence-electron chi connectivity index (χ2n) is 6.74. The minimum atomic E-state index is -0.304. The summed E-state index contributed by atoms with van der Waals surface area (Å²) >= 11 is 5.93. The summed E-state index contributed by atoms with van der Waals surface area (Å²) < 4.78 is 7.09. The lowest BCUT2D eigenvalue weighted by Crippen LogP contribution is -2.26. The van der Waals surface area contributed by atoms with Crippen LogP contribution < -0.4 is 10.1 Å². The summed E-state index contributed by atoms with van der Waals surface area (Å²) in [4.78, 5) is 17.1. The number of pyridine rings is 1. The van der Waals surface area contributed by atoms with Crippen LogP contribution in [0.5, 0.6) is 5.75 Å². The van der Waals surface area contributed by atoms with E-state index in [9.17, 15) is 4.79 Å². The molecule has 0 aliphatic rings. The summed E-state index contributed by atoms with van der Waals surface area (Å²) in [6, 6.07) is 18.6. The molecule has 2 aromatic carbocycles. The fraction of sp³-hybridized carbons (Fsp3) is 0.130. The summed E-state index contributed by atoms with van der Waals surface area (Å²) in [5.74, 6) is 0.319. The number of ether oxygens (including phenoxy) is 1. The number of amides is 1. The van der Waals surface area contributed by atoms with Gasteiger partial charge in [0.05, 0.1) is 7.11 Å². The first-order valence-corrected chi connectivity index (χ1v) is 10.1. The summed E-state index contributed by atoms with van der Waals surface area (Å²) in [5, 5.41) is 12.1. The van der Waals surface area contributed by atoms with Crippen LogP contribution in [0.25, 0.3) is 16.9 Å². The van der Waals surface area contributed by atoms with E-state index >= 15 is 0 Å². The molecule has 156 valence electrons. The van der Waals surface area contributed by atoms with Gasteiger partial charge in [0, 0.05) is 29.5 Å². The average molecular weight is 434 g/mol. The molecule has 0 saturated heterocycles. The topological polar surface area (TPSA) is 81.9 Å². The van der Waals surface area contributed by atoms with Crippen molar-refractivity contribution in [3.8, 4) is 22.7 Å². The van der Waals surface area contributed by atoms with Crippen LogP contribution in [0.2, 0.25) is 5.02 Å². The molecule has 4 rings (SSSR count). The second-order valence-corrected chi connectivity index (χ2v) is 7.18. The molecule has 8 heteroatoms. The van der Waals surface area contributed by atoms with E-state index in [-0.39, 0.29) is 11.6 Å². The number of carbonyl (C=O) groups is 1. The monoisotopic (exact) mass is 433 g/mol. The van der Waals surface area contributed by atoms with Crippen LogP contribution in [0.1, 0.15) is 16.1 Å². The molecule has 4 aromatic rings. The van der Waals surface area contributed by atoms with E-state index in [1.54, 1.807) is 24.2 Å². The van der Waals surface area contributed by atoms with Gasteiger partial charge in [-0.25, -0.2) is 4.68 Å². The number of hydrogen-bond donors (Lipinski definition) is 1. The van der Waals surface area contributed by atoms with Gasteiger partial charge in [0.25, 0.3) is 5.91 Å². The molecule has 1 N–H and O–H groups in total. The fourth-order valence-corrected chi connectivity index (χ4v) is 3.36. The molecule has 2 aromatic heterocycles. The van der Waals surface area contributed by atoms with E-state index in [0.717, 1.165) is 11.1 Å². The first-order valence-electron chi connectivity index (χ1n) is 9.69. The van der Waals surface area contributed by atoms with E-state index < -0.39 is 0 Å². The molecular formula is C23H20ClN5O2. The molecule has 7 nitrogen and oxygen atoms in total. The fourth-order valence-electron chi connectivity index (χ4n) is 3.23. The maximum absolute atomic E-state index is 13.0. The normalized spacial score (nSPS) is 10.6. The Bertz CT molecular complexity index is 1180. The third-order valence-electron chi connectivity index (χ3n) is 4.76. The maximum Gasteiger partial charge on any atom is 0.274 e. The highest BCUT2D eigenvalue weighted by atomic mass is 35.5. The number of aromatic nitrogens is 4. The highest BCUT2D eigenvalue weighted by molar-refractivity contribution is 6.30. The zero-order valence-electron chi connectivity index (χ0n) is 16.8. The number of para-hydroxylation sites is 2. The SMILES string of the molecule is COc1ccccc1-n1nnc(C(=O)NCCc2ccc(Cl)cc2)c1-c1ccncc1. The largest absolute Gasteiger partial charge is 0.494 e. The highest BCUT2D eigenvalue weighted by Crippen LogP contribution is 2.29. The van der Waals surface area contributed by atoms with Gasteiger partial charge in [0.2, 0.25) is 0 Å². The van der Waals surface area contributed by atoms with Crippen molar-refractivity contribution in [2.45, 2.75) is 6.42 Å². The Morgan fingerprint density at radius 2 is 1.81 bits per heavy atom. The molecule has 1 amide bonds. The molecular weight excluding hydrogens is 414 g/mol. The lowest BCUT2D eigenvalue weighted by Gasteiger charge is -2.11. The Morgan fingerprint density at radius 3 is 2.55 bits per heavy atom. The maximum atomic E-state index is 13.0. The van der Waals surface area contributed by atoms with Crippen molar-refractivity contribution in [2.24, 2.45) is 0 Å².